The lowest BCUT2D eigenvalue weighted by molar-refractivity contribution is 0.0747. The van der Waals surface area contributed by atoms with Gasteiger partial charge >= 0.3 is 0 Å². The topological polar surface area (TPSA) is 95.0 Å². The van der Waals surface area contributed by atoms with Crippen molar-refractivity contribution < 1.29 is 13.2 Å². The average molecular weight is 454 g/mol. The van der Waals surface area contributed by atoms with Gasteiger partial charge in [-0.1, -0.05) is 12.1 Å². The molecular weight excluding hydrogens is 434 g/mol. The molecule has 0 atom stereocenters. The predicted molar refractivity (Wildman–Crippen MR) is 120 cm³/mol. The quantitative estimate of drug-likeness (QED) is 0.655. The van der Waals surface area contributed by atoms with Crippen LogP contribution < -0.4 is 10.2 Å². The lowest BCUT2D eigenvalue weighted by atomic mass is 10.1. The molecule has 10 heteroatoms. The van der Waals surface area contributed by atoms with Gasteiger partial charge in [0.15, 0.2) is 11.0 Å². The molecule has 31 heavy (non-hydrogen) atoms. The summed E-state index contributed by atoms with van der Waals surface area (Å²) < 4.78 is 28.2. The number of carbonyl (C=O) groups is 1. The van der Waals surface area contributed by atoms with Crippen LogP contribution in [0, 0.1) is 0 Å². The van der Waals surface area contributed by atoms with Gasteiger partial charge in [-0.2, -0.15) is 8.42 Å². The van der Waals surface area contributed by atoms with Crippen molar-refractivity contribution in [2.45, 2.75) is 4.90 Å². The molecule has 158 valence electrons. The van der Waals surface area contributed by atoms with E-state index in [0.717, 1.165) is 18.2 Å². The number of nitrogens with zero attached hydrogens (tertiary/aromatic N) is 4. The number of anilines is 2. The molecule has 2 aliphatic rings. The molecule has 3 aromatic rings. The highest BCUT2D eigenvalue weighted by molar-refractivity contribution is 7.90. The van der Waals surface area contributed by atoms with Gasteiger partial charge in [0.25, 0.3) is 15.9 Å². The summed E-state index contributed by atoms with van der Waals surface area (Å²) >= 11 is 1.60. The zero-order valence-corrected chi connectivity index (χ0v) is 18.1. The number of benzene rings is 2. The molecule has 0 bridgehead atoms. The number of thiazole rings is 1. The van der Waals surface area contributed by atoms with Gasteiger partial charge < -0.3 is 15.1 Å². The first-order valence-corrected chi connectivity index (χ1v) is 12.1. The number of amides is 1. The second-order valence-electron chi connectivity index (χ2n) is 7.21. The molecule has 1 saturated heterocycles. The van der Waals surface area contributed by atoms with E-state index in [4.69, 9.17) is 0 Å². The van der Waals surface area contributed by atoms with E-state index < -0.39 is 10.0 Å². The van der Waals surface area contributed by atoms with Gasteiger partial charge in [-0.15, -0.1) is 15.7 Å². The lowest BCUT2D eigenvalue weighted by Gasteiger charge is -2.34. The second-order valence-corrected chi connectivity index (χ2v) is 9.65. The van der Waals surface area contributed by atoms with E-state index in [-0.39, 0.29) is 16.6 Å². The Bertz CT molecular complexity index is 1250. The van der Waals surface area contributed by atoms with E-state index in [0.29, 0.717) is 29.9 Å². The summed E-state index contributed by atoms with van der Waals surface area (Å²) in [5, 5.41) is 5.99. The van der Waals surface area contributed by atoms with Gasteiger partial charge in [0.05, 0.1) is 0 Å². The highest BCUT2D eigenvalue weighted by atomic mass is 32.2. The first-order chi connectivity index (χ1) is 15.0. The molecule has 8 nitrogen and oxygen atoms in total. The molecule has 2 aliphatic heterocycles. The number of fused-ring (bicyclic) bond motifs is 1. The largest absolute Gasteiger partial charge is 0.345 e. The molecule has 1 fully saturated rings. The van der Waals surface area contributed by atoms with Crippen LogP contribution >= 0.6 is 11.3 Å². The maximum atomic E-state index is 12.9. The fraction of sp³-hybridized carbons (Fsp3) is 0.190. The van der Waals surface area contributed by atoms with Crippen LogP contribution in [0.4, 0.5) is 10.8 Å². The third-order valence-electron chi connectivity index (χ3n) is 5.28. The smallest absolute Gasteiger partial charge is 0.285 e. The molecule has 0 spiro atoms. The minimum absolute atomic E-state index is 0.0172. The van der Waals surface area contributed by atoms with Crippen molar-refractivity contribution in [3.8, 4) is 0 Å². The van der Waals surface area contributed by atoms with Gasteiger partial charge in [0, 0.05) is 54.6 Å². The average Bonchev–Trinajstić information content (AvgIpc) is 3.41. The molecule has 0 radical (unpaired) electrons. The summed E-state index contributed by atoms with van der Waals surface area (Å²) in [6, 6.07) is 13.7. The summed E-state index contributed by atoms with van der Waals surface area (Å²) in [4.78, 5) is 21.4. The number of carbonyl (C=O) groups excluding carboxylic acids is 1. The first kappa shape index (κ1) is 19.7. The standard InChI is InChI=1S/C21H19N5O3S2/c27-20(25-10-12-26(13-11-25)21-22-9-14-30-21)15-5-7-16(8-6-15)23-19-17-3-1-2-4-18(17)31(28,29)24-19/h1-9,14H,10-13H2,(H,23,24). The number of piperazine rings is 1. The molecule has 3 heterocycles. The first-order valence-electron chi connectivity index (χ1n) is 9.76. The van der Waals surface area contributed by atoms with Gasteiger partial charge in [-0.25, -0.2) is 4.98 Å². The van der Waals surface area contributed by atoms with Crippen LogP contribution in [-0.2, 0) is 10.0 Å². The Morgan fingerprint density at radius 1 is 1.00 bits per heavy atom. The van der Waals surface area contributed by atoms with Crippen molar-refractivity contribution in [2.75, 3.05) is 36.4 Å². The molecule has 0 aliphatic carbocycles. The fourth-order valence-corrected chi connectivity index (χ4v) is 5.56. The fourth-order valence-electron chi connectivity index (χ4n) is 3.68. The molecule has 2 aromatic carbocycles. The van der Waals surface area contributed by atoms with Crippen molar-refractivity contribution in [1.29, 1.82) is 0 Å². The molecule has 1 N–H and O–H groups in total. The Morgan fingerprint density at radius 3 is 2.45 bits per heavy atom. The minimum Gasteiger partial charge on any atom is -0.345 e. The summed E-state index contributed by atoms with van der Waals surface area (Å²) in [7, 11) is -3.67. The number of rotatable bonds is 3. The molecule has 0 saturated carbocycles. The Labute approximate surface area is 183 Å². The Morgan fingerprint density at radius 2 is 1.74 bits per heavy atom. The maximum absolute atomic E-state index is 12.9. The van der Waals surface area contributed by atoms with Crippen LogP contribution in [0.3, 0.4) is 0 Å². The van der Waals surface area contributed by atoms with Gasteiger partial charge in [0.1, 0.15) is 4.90 Å². The number of nitrogens with one attached hydrogen (secondary N) is 1. The van der Waals surface area contributed by atoms with Crippen LogP contribution in [0.15, 0.2) is 69.4 Å². The third-order valence-corrected chi connectivity index (χ3v) is 7.45. The predicted octanol–water partition coefficient (Wildman–Crippen LogP) is 2.67. The van der Waals surface area contributed by atoms with Gasteiger partial charge in [-0.05, 0) is 36.4 Å². The summed E-state index contributed by atoms with van der Waals surface area (Å²) in [6.45, 7) is 2.80. The number of sulfonamides is 1. The van der Waals surface area contributed by atoms with Crippen LogP contribution in [-0.4, -0.2) is 56.2 Å². The molecule has 1 amide bonds. The number of hydrogen-bond acceptors (Lipinski definition) is 7. The molecule has 5 rings (SSSR count). The highest BCUT2D eigenvalue weighted by Gasteiger charge is 2.28. The maximum Gasteiger partial charge on any atom is 0.285 e. The van der Waals surface area contributed by atoms with Crippen molar-refractivity contribution in [3.63, 3.8) is 0 Å². The van der Waals surface area contributed by atoms with E-state index >= 15 is 0 Å². The van der Waals surface area contributed by atoms with Crippen molar-refractivity contribution in [3.05, 3.63) is 71.2 Å². The van der Waals surface area contributed by atoms with Crippen molar-refractivity contribution in [1.82, 2.24) is 9.88 Å². The van der Waals surface area contributed by atoms with Crippen LogP contribution in [0.2, 0.25) is 0 Å². The van der Waals surface area contributed by atoms with Crippen LogP contribution in [0.1, 0.15) is 15.9 Å². The SMILES string of the molecule is O=C(c1ccc(NC2=NS(=O)(=O)c3ccccc32)cc1)N1CCN(c2nccs2)CC1. The zero-order chi connectivity index (χ0) is 21.4. The number of aromatic nitrogens is 1. The van der Waals surface area contributed by atoms with Gasteiger partial charge in [0.2, 0.25) is 0 Å². The zero-order valence-electron chi connectivity index (χ0n) is 16.4. The van der Waals surface area contributed by atoms with E-state index in [1.165, 1.54) is 0 Å². The molecular formula is C21H19N5O3S2. The van der Waals surface area contributed by atoms with Crippen LogP contribution in [0.25, 0.3) is 0 Å². The van der Waals surface area contributed by atoms with E-state index in [1.807, 2.05) is 10.3 Å². The van der Waals surface area contributed by atoms with Crippen molar-refractivity contribution in [2.24, 2.45) is 4.40 Å². The Kier molecular flexibility index (Phi) is 4.95. The number of hydrogen-bond donors (Lipinski definition) is 1. The van der Waals surface area contributed by atoms with E-state index in [9.17, 15) is 13.2 Å². The second kappa shape index (κ2) is 7.78. The number of amidine groups is 1. The Balaban J connectivity index is 1.25. The summed E-state index contributed by atoms with van der Waals surface area (Å²) in [5.41, 5.74) is 1.80. The third kappa shape index (κ3) is 3.79. The minimum atomic E-state index is -3.67. The molecule has 1 aromatic heterocycles. The summed E-state index contributed by atoms with van der Waals surface area (Å²) in [5.74, 6) is 0.268. The Hall–Kier alpha value is -3.24. The van der Waals surface area contributed by atoms with Crippen molar-refractivity contribution >= 4 is 43.9 Å². The van der Waals surface area contributed by atoms with Crippen LogP contribution in [0.5, 0.6) is 0 Å². The van der Waals surface area contributed by atoms with E-state index in [1.54, 1.807) is 66.1 Å². The summed E-state index contributed by atoms with van der Waals surface area (Å²) in [6.07, 6.45) is 1.79. The molecule has 0 unspecified atom stereocenters. The van der Waals surface area contributed by atoms with Gasteiger partial charge in [-0.3, -0.25) is 4.79 Å². The van der Waals surface area contributed by atoms with E-state index in [2.05, 4.69) is 19.6 Å². The highest BCUT2D eigenvalue weighted by Crippen LogP contribution is 2.27. The normalized spacial score (nSPS) is 17.2. The monoisotopic (exact) mass is 453 g/mol. The lowest BCUT2D eigenvalue weighted by Crippen LogP contribution is -2.48.